The summed E-state index contributed by atoms with van der Waals surface area (Å²) in [7, 11) is 0. The molecule has 0 aromatic heterocycles. The molecule has 5 heteroatoms. The summed E-state index contributed by atoms with van der Waals surface area (Å²) in [5.41, 5.74) is 0. The van der Waals surface area contributed by atoms with Crippen LogP contribution in [0.15, 0.2) is 0 Å². The molecule has 0 aliphatic heterocycles. The first kappa shape index (κ1) is 11.6. The monoisotopic (exact) mass is 189 g/mol. The fourth-order valence-electron chi connectivity index (χ4n) is 0.703. The molecule has 0 fully saturated rings. The molecule has 0 aromatic rings. The van der Waals surface area contributed by atoms with Gasteiger partial charge in [-0.1, -0.05) is 0 Å². The lowest BCUT2D eigenvalue weighted by Crippen LogP contribution is -2.22. The standard InChI is InChI=1S/C7H10F5/c1-2-7(11,12)4-5(8)3-6(9)10/h5-6H,1-4H2/t5-/m0/s1. The number of halogens is 5. The van der Waals surface area contributed by atoms with Crippen molar-refractivity contribution in [1.82, 2.24) is 0 Å². The number of hydrogen-bond donors (Lipinski definition) is 0. The minimum Gasteiger partial charge on any atom is -0.247 e. The molecule has 0 amide bonds. The van der Waals surface area contributed by atoms with Crippen LogP contribution in [0.4, 0.5) is 22.0 Å². The molecule has 0 bridgehead atoms. The third-order valence-electron chi connectivity index (χ3n) is 1.32. The number of alkyl halides is 5. The molecule has 0 N–H and O–H groups in total. The van der Waals surface area contributed by atoms with Crippen LogP contribution in [0.3, 0.4) is 0 Å². The highest BCUT2D eigenvalue weighted by molar-refractivity contribution is 4.73. The zero-order valence-corrected chi connectivity index (χ0v) is 6.37. The quantitative estimate of drug-likeness (QED) is 0.582. The second-order valence-corrected chi connectivity index (χ2v) is 2.53. The zero-order chi connectivity index (χ0) is 9.78. The Hall–Kier alpha value is -0.350. The van der Waals surface area contributed by atoms with Crippen LogP contribution in [0, 0.1) is 6.92 Å². The summed E-state index contributed by atoms with van der Waals surface area (Å²) in [6, 6.07) is 0. The van der Waals surface area contributed by atoms with Crippen LogP contribution in [-0.4, -0.2) is 18.5 Å². The minimum atomic E-state index is -3.27. The Morgan fingerprint density at radius 2 is 1.67 bits per heavy atom. The molecule has 1 radical (unpaired) electrons. The number of rotatable bonds is 5. The molecule has 0 heterocycles. The van der Waals surface area contributed by atoms with Crippen molar-refractivity contribution in [3.63, 3.8) is 0 Å². The molecule has 0 saturated carbocycles. The van der Waals surface area contributed by atoms with Crippen LogP contribution >= 0.6 is 0 Å². The van der Waals surface area contributed by atoms with Gasteiger partial charge in [-0.05, 0) is 6.92 Å². The molecule has 0 nitrogen and oxygen atoms in total. The van der Waals surface area contributed by atoms with Crippen LogP contribution in [0.1, 0.15) is 19.3 Å². The van der Waals surface area contributed by atoms with Gasteiger partial charge in [0.2, 0.25) is 6.43 Å². The van der Waals surface area contributed by atoms with E-state index in [9.17, 15) is 22.0 Å². The topological polar surface area (TPSA) is 0 Å². The van der Waals surface area contributed by atoms with Crippen molar-refractivity contribution >= 4 is 0 Å². The van der Waals surface area contributed by atoms with Gasteiger partial charge in [0.1, 0.15) is 6.17 Å². The fourth-order valence-corrected chi connectivity index (χ4v) is 0.703. The van der Waals surface area contributed by atoms with Crippen molar-refractivity contribution in [1.29, 1.82) is 0 Å². The molecule has 73 valence electrons. The van der Waals surface area contributed by atoms with Gasteiger partial charge in [0.15, 0.2) is 0 Å². The second kappa shape index (κ2) is 4.62. The van der Waals surface area contributed by atoms with Gasteiger partial charge in [-0.25, -0.2) is 22.0 Å². The lowest BCUT2D eigenvalue weighted by Gasteiger charge is -2.16. The average molecular weight is 189 g/mol. The molecule has 0 aliphatic carbocycles. The summed E-state index contributed by atoms with van der Waals surface area (Å²) < 4.78 is 59.9. The van der Waals surface area contributed by atoms with E-state index in [1.54, 1.807) is 0 Å². The maximum absolute atomic E-state index is 12.3. The first-order valence-electron chi connectivity index (χ1n) is 3.46. The molecule has 0 saturated heterocycles. The maximum Gasteiger partial charge on any atom is 0.250 e. The van der Waals surface area contributed by atoms with Crippen molar-refractivity contribution < 1.29 is 22.0 Å². The number of hydrogen-bond acceptors (Lipinski definition) is 0. The zero-order valence-electron chi connectivity index (χ0n) is 6.37. The Kier molecular flexibility index (Phi) is 4.49. The Labute approximate surface area is 67.8 Å². The van der Waals surface area contributed by atoms with E-state index < -0.39 is 37.8 Å². The van der Waals surface area contributed by atoms with Crippen LogP contribution in [0.5, 0.6) is 0 Å². The van der Waals surface area contributed by atoms with E-state index in [0.717, 1.165) is 0 Å². The first-order chi connectivity index (χ1) is 5.37. The molecule has 1 atom stereocenters. The maximum atomic E-state index is 12.3. The van der Waals surface area contributed by atoms with Crippen LogP contribution in [0.2, 0.25) is 0 Å². The lowest BCUT2D eigenvalue weighted by molar-refractivity contribution is -0.0349. The molecule has 0 unspecified atom stereocenters. The van der Waals surface area contributed by atoms with E-state index >= 15 is 0 Å². The van der Waals surface area contributed by atoms with Crippen molar-refractivity contribution in [2.24, 2.45) is 0 Å². The van der Waals surface area contributed by atoms with Crippen molar-refractivity contribution in [2.75, 3.05) is 0 Å². The average Bonchev–Trinajstić information content (AvgIpc) is 1.84. The van der Waals surface area contributed by atoms with Crippen molar-refractivity contribution in [2.45, 2.75) is 37.8 Å². The largest absolute Gasteiger partial charge is 0.250 e. The van der Waals surface area contributed by atoms with Gasteiger partial charge in [0.05, 0.1) is 0 Å². The molecular weight excluding hydrogens is 179 g/mol. The van der Waals surface area contributed by atoms with Gasteiger partial charge in [-0.2, -0.15) is 0 Å². The molecule has 12 heavy (non-hydrogen) atoms. The molecule has 0 aliphatic rings. The first-order valence-corrected chi connectivity index (χ1v) is 3.46. The van der Waals surface area contributed by atoms with Gasteiger partial charge in [0.25, 0.3) is 5.92 Å². The van der Waals surface area contributed by atoms with E-state index in [2.05, 4.69) is 6.92 Å². The highest BCUT2D eigenvalue weighted by atomic mass is 19.3. The van der Waals surface area contributed by atoms with E-state index in [-0.39, 0.29) is 0 Å². The van der Waals surface area contributed by atoms with E-state index in [0.29, 0.717) is 0 Å². The van der Waals surface area contributed by atoms with Crippen LogP contribution in [-0.2, 0) is 0 Å². The lowest BCUT2D eigenvalue weighted by atomic mass is 10.1. The summed E-state index contributed by atoms with van der Waals surface area (Å²) >= 11 is 0. The Morgan fingerprint density at radius 1 is 1.17 bits per heavy atom. The third kappa shape index (κ3) is 5.32. The molecule has 0 aromatic carbocycles. The summed E-state index contributed by atoms with van der Waals surface area (Å²) in [5, 5.41) is 0. The van der Waals surface area contributed by atoms with E-state index in [1.807, 2.05) is 0 Å². The summed E-state index contributed by atoms with van der Waals surface area (Å²) in [6.45, 7) is 2.89. The molecule has 0 spiro atoms. The van der Waals surface area contributed by atoms with Crippen molar-refractivity contribution in [3.8, 4) is 0 Å². The predicted molar refractivity (Wildman–Crippen MR) is 35.1 cm³/mol. The third-order valence-corrected chi connectivity index (χ3v) is 1.32. The second-order valence-electron chi connectivity index (χ2n) is 2.53. The van der Waals surface area contributed by atoms with Crippen molar-refractivity contribution in [3.05, 3.63) is 6.92 Å². The normalized spacial score (nSPS) is 15.2. The highest BCUT2D eigenvalue weighted by Gasteiger charge is 2.31. The summed E-state index contributed by atoms with van der Waals surface area (Å²) in [4.78, 5) is 0. The Balaban J connectivity index is 3.75. The Morgan fingerprint density at radius 3 is 2.00 bits per heavy atom. The van der Waals surface area contributed by atoms with Crippen LogP contribution < -0.4 is 0 Å². The van der Waals surface area contributed by atoms with Gasteiger partial charge < -0.3 is 0 Å². The summed E-state index contributed by atoms with van der Waals surface area (Å²) in [6.07, 6.45) is -8.09. The molecular formula is C7H10F5. The minimum absolute atomic E-state index is 0.767. The van der Waals surface area contributed by atoms with Crippen LogP contribution in [0.25, 0.3) is 0 Å². The predicted octanol–water partition coefficient (Wildman–Crippen LogP) is 3.23. The summed E-state index contributed by atoms with van der Waals surface area (Å²) in [5.74, 6) is -3.27. The van der Waals surface area contributed by atoms with Gasteiger partial charge in [-0.3, -0.25) is 0 Å². The van der Waals surface area contributed by atoms with E-state index in [1.165, 1.54) is 0 Å². The van der Waals surface area contributed by atoms with Gasteiger partial charge in [-0.15, -0.1) is 0 Å². The smallest absolute Gasteiger partial charge is 0.247 e. The fraction of sp³-hybridized carbons (Fsp3) is 0.857. The highest BCUT2D eigenvalue weighted by Crippen LogP contribution is 2.27. The SMILES string of the molecule is [CH2]CC(F)(F)C[C@@H](F)CC(F)F. The molecule has 0 rings (SSSR count). The van der Waals surface area contributed by atoms with Gasteiger partial charge in [0, 0.05) is 19.3 Å². The van der Waals surface area contributed by atoms with E-state index in [4.69, 9.17) is 0 Å². The van der Waals surface area contributed by atoms with Gasteiger partial charge >= 0.3 is 0 Å². The Bertz CT molecular complexity index is 123.